The molecule has 1 amide bonds. The summed E-state index contributed by atoms with van der Waals surface area (Å²) in [6, 6.07) is 12.8. The molecule has 1 atom stereocenters. The minimum atomic E-state index is -0.495. The van der Waals surface area contributed by atoms with Gasteiger partial charge in [-0.2, -0.15) is 5.10 Å². The Morgan fingerprint density at radius 1 is 1.28 bits per heavy atom. The highest BCUT2D eigenvalue weighted by Gasteiger charge is 2.39. The molecule has 1 aliphatic heterocycles. The van der Waals surface area contributed by atoms with E-state index in [1.54, 1.807) is 17.0 Å². The summed E-state index contributed by atoms with van der Waals surface area (Å²) in [6.45, 7) is 6.05. The molecule has 1 aliphatic rings. The van der Waals surface area contributed by atoms with E-state index in [0.29, 0.717) is 17.4 Å². The van der Waals surface area contributed by atoms with E-state index in [1.807, 2.05) is 32.0 Å². The van der Waals surface area contributed by atoms with Gasteiger partial charge >= 0.3 is 0 Å². The first kappa shape index (κ1) is 19.0. The van der Waals surface area contributed by atoms with Crippen LogP contribution >= 0.6 is 0 Å². The number of aromatic nitrogens is 2. The van der Waals surface area contributed by atoms with Crippen LogP contribution in [-0.2, 0) is 11.3 Å². The summed E-state index contributed by atoms with van der Waals surface area (Å²) in [4.78, 5) is 27.7. The smallest absolute Gasteiger partial charge is 0.290 e. The number of rotatable bonds is 3. The van der Waals surface area contributed by atoms with Gasteiger partial charge in [-0.05, 0) is 56.0 Å². The molecule has 0 saturated carbocycles. The maximum atomic E-state index is 13.4. The van der Waals surface area contributed by atoms with E-state index in [-0.39, 0.29) is 18.1 Å². The van der Waals surface area contributed by atoms with Gasteiger partial charge in [0.2, 0.25) is 5.91 Å². The zero-order valence-electron chi connectivity index (χ0n) is 16.8. The molecule has 0 fully saturated rings. The van der Waals surface area contributed by atoms with Crippen LogP contribution in [0.15, 0.2) is 57.9 Å². The van der Waals surface area contributed by atoms with Crippen molar-refractivity contribution >= 4 is 17.3 Å². The number of para-hydroxylation sites is 1. The fourth-order valence-corrected chi connectivity index (χ4v) is 4.27. The fourth-order valence-electron chi connectivity index (χ4n) is 4.27. The highest BCUT2D eigenvalue weighted by atomic mass is 16.3. The van der Waals surface area contributed by atoms with Gasteiger partial charge in [0, 0.05) is 11.2 Å². The van der Waals surface area contributed by atoms with Crippen molar-refractivity contribution in [3.8, 4) is 11.5 Å². The van der Waals surface area contributed by atoms with Crippen LogP contribution in [0.3, 0.4) is 0 Å². The number of amides is 1. The third-order valence-electron chi connectivity index (χ3n) is 5.43. The number of nitrogen functional groups attached to an aromatic ring is 1. The maximum Gasteiger partial charge on any atom is 0.290 e. The number of anilines is 2. The molecule has 150 valence electrons. The number of hydrogen-bond donors (Lipinski definition) is 1. The molecule has 7 heteroatoms. The van der Waals surface area contributed by atoms with Gasteiger partial charge in [0.15, 0.2) is 5.76 Å². The molecule has 0 spiro atoms. The molecule has 1 aromatic carbocycles. The van der Waals surface area contributed by atoms with Gasteiger partial charge in [-0.25, -0.2) is 4.68 Å². The molecule has 0 aliphatic carbocycles. The second-order valence-corrected chi connectivity index (χ2v) is 8.13. The molecule has 0 unspecified atom stereocenters. The Hall–Kier alpha value is -3.35. The van der Waals surface area contributed by atoms with E-state index >= 15 is 0 Å². The van der Waals surface area contributed by atoms with Crippen LogP contribution in [0.4, 0.5) is 11.4 Å². The molecule has 3 heterocycles. The van der Waals surface area contributed by atoms with E-state index in [1.165, 1.54) is 12.3 Å². The van der Waals surface area contributed by atoms with Crippen molar-refractivity contribution in [2.45, 2.75) is 45.2 Å². The van der Waals surface area contributed by atoms with E-state index in [0.717, 1.165) is 22.4 Å². The predicted octanol–water partition coefficient (Wildman–Crippen LogP) is 3.40. The van der Waals surface area contributed by atoms with Crippen LogP contribution in [0, 0.1) is 0 Å². The SMILES string of the molecule is C[C@H]1CC(C)(C)N(C(=O)Cn2nc(-c3ccco3)cc(N)c2=O)c2ccccc21. The van der Waals surface area contributed by atoms with Crippen molar-refractivity contribution in [1.82, 2.24) is 9.78 Å². The number of nitrogens with two attached hydrogens (primary N) is 1. The zero-order valence-corrected chi connectivity index (χ0v) is 16.8. The first-order valence-electron chi connectivity index (χ1n) is 9.61. The first-order valence-corrected chi connectivity index (χ1v) is 9.61. The molecule has 0 saturated heterocycles. The summed E-state index contributed by atoms with van der Waals surface area (Å²) < 4.78 is 6.47. The lowest BCUT2D eigenvalue weighted by atomic mass is 9.80. The molecule has 0 radical (unpaired) electrons. The minimum Gasteiger partial charge on any atom is -0.463 e. The highest BCUT2D eigenvalue weighted by Crippen LogP contribution is 2.43. The molecule has 0 bridgehead atoms. The highest BCUT2D eigenvalue weighted by molar-refractivity contribution is 5.96. The Morgan fingerprint density at radius 2 is 2.03 bits per heavy atom. The van der Waals surface area contributed by atoms with Crippen molar-refractivity contribution in [3.63, 3.8) is 0 Å². The third kappa shape index (κ3) is 3.33. The maximum absolute atomic E-state index is 13.4. The molecule has 2 N–H and O–H groups in total. The lowest BCUT2D eigenvalue weighted by Gasteiger charge is -2.46. The number of furan rings is 1. The Kier molecular flexibility index (Phi) is 4.53. The summed E-state index contributed by atoms with van der Waals surface area (Å²) in [5, 5.41) is 4.31. The second kappa shape index (κ2) is 6.92. The van der Waals surface area contributed by atoms with Gasteiger partial charge in [0.1, 0.15) is 17.9 Å². The van der Waals surface area contributed by atoms with Crippen molar-refractivity contribution in [2.75, 3.05) is 10.6 Å². The number of carbonyl (C=O) groups excluding carboxylic acids is 1. The summed E-state index contributed by atoms with van der Waals surface area (Å²) in [5.41, 5.74) is 7.44. The van der Waals surface area contributed by atoms with Crippen LogP contribution in [0.5, 0.6) is 0 Å². The van der Waals surface area contributed by atoms with Gasteiger partial charge in [-0.3, -0.25) is 9.59 Å². The monoisotopic (exact) mass is 392 g/mol. The van der Waals surface area contributed by atoms with Crippen LogP contribution < -0.4 is 16.2 Å². The van der Waals surface area contributed by atoms with Gasteiger partial charge in [-0.15, -0.1) is 0 Å². The second-order valence-electron chi connectivity index (χ2n) is 8.13. The lowest BCUT2D eigenvalue weighted by Crippen LogP contribution is -2.53. The van der Waals surface area contributed by atoms with Crippen LogP contribution in [0.2, 0.25) is 0 Å². The number of hydrogen-bond acceptors (Lipinski definition) is 5. The minimum absolute atomic E-state index is 0.0196. The Labute approximate surface area is 168 Å². The summed E-state index contributed by atoms with van der Waals surface area (Å²) >= 11 is 0. The predicted molar refractivity (Wildman–Crippen MR) is 112 cm³/mol. The third-order valence-corrected chi connectivity index (χ3v) is 5.43. The molecule has 7 nitrogen and oxygen atoms in total. The van der Waals surface area contributed by atoms with Crippen molar-refractivity contribution in [2.24, 2.45) is 0 Å². The lowest BCUT2D eigenvalue weighted by molar-refractivity contribution is -0.120. The van der Waals surface area contributed by atoms with E-state index < -0.39 is 11.1 Å². The van der Waals surface area contributed by atoms with E-state index in [4.69, 9.17) is 10.2 Å². The summed E-state index contributed by atoms with van der Waals surface area (Å²) in [7, 11) is 0. The average molecular weight is 392 g/mol. The standard InChI is InChI=1S/C22H24N4O3/c1-14-12-22(2,3)26(18-8-5-4-7-15(14)18)20(27)13-25-21(28)16(23)11-17(24-25)19-9-6-10-29-19/h4-11,14H,12-13,23H2,1-3H3/t14-/m0/s1. The largest absolute Gasteiger partial charge is 0.463 e. The van der Waals surface area contributed by atoms with Crippen molar-refractivity contribution < 1.29 is 9.21 Å². The van der Waals surface area contributed by atoms with Crippen molar-refractivity contribution in [3.05, 3.63) is 64.6 Å². The Balaban J connectivity index is 1.73. The van der Waals surface area contributed by atoms with E-state index in [9.17, 15) is 9.59 Å². The topological polar surface area (TPSA) is 94.4 Å². The Morgan fingerprint density at radius 3 is 2.76 bits per heavy atom. The van der Waals surface area contributed by atoms with Gasteiger partial charge < -0.3 is 15.1 Å². The number of fused-ring (bicyclic) bond motifs is 1. The number of benzene rings is 1. The summed E-state index contributed by atoms with van der Waals surface area (Å²) in [5.74, 6) is 0.610. The van der Waals surface area contributed by atoms with Gasteiger partial charge in [0.05, 0.1) is 6.26 Å². The van der Waals surface area contributed by atoms with Crippen molar-refractivity contribution in [1.29, 1.82) is 0 Å². The quantitative estimate of drug-likeness (QED) is 0.737. The molecular formula is C22H24N4O3. The number of nitrogens with zero attached hydrogens (tertiary/aromatic N) is 3. The van der Waals surface area contributed by atoms with E-state index in [2.05, 4.69) is 18.1 Å². The number of carbonyl (C=O) groups is 1. The zero-order chi connectivity index (χ0) is 20.8. The molecule has 2 aromatic heterocycles. The Bertz CT molecular complexity index is 1120. The summed E-state index contributed by atoms with van der Waals surface area (Å²) in [6.07, 6.45) is 2.34. The molecule has 4 rings (SSSR count). The van der Waals surface area contributed by atoms with Crippen LogP contribution in [0.1, 0.15) is 38.7 Å². The van der Waals surface area contributed by atoms with Gasteiger partial charge in [-0.1, -0.05) is 25.1 Å². The molecular weight excluding hydrogens is 368 g/mol. The normalized spacial score (nSPS) is 17.8. The average Bonchev–Trinajstić information content (AvgIpc) is 3.19. The van der Waals surface area contributed by atoms with Crippen LogP contribution in [0.25, 0.3) is 11.5 Å². The molecule has 29 heavy (non-hydrogen) atoms. The molecule has 3 aromatic rings. The van der Waals surface area contributed by atoms with Crippen LogP contribution in [-0.4, -0.2) is 21.2 Å². The fraction of sp³-hybridized carbons (Fsp3) is 0.318. The van der Waals surface area contributed by atoms with Gasteiger partial charge in [0.25, 0.3) is 5.56 Å². The first-order chi connectivity index (χ1) is 13.8.